The summed E-state index contributed by atoms with van der Waals surface area (Å²) < 4.78 is 23.5. The number of likely N-dealkylation sites (N-methyl/N-ethyl adjacent to an activating group) is 1. The maximum Gasteiger partial charge on any atom is 0.255 e. The van der Waals surface area contributed by atoms with E-state index in [0.29, 0.717) is 29.7 Å². The summed E-state index contributed by atoms with van der Waals surface area (Å²) >= 11 is 0. The van der Waals surface area contributed by atoms with Crippen LogP contribution in [0.4, 0.5) is 4.39 Å². The lowest BCUT2D eigenvalue weighted by atomic mass is 9.85. The second kappa shape index (κ2) is 11.8. The highest BCUT2D eigenvalue weighted by molar-refractivity contribution is 6.08. The van der Waals surface area contributed by atoms with E-state index in [0.717, 1.165) is 6.42 Å². The van der Waals surface area contributed by atoms with E-state index in [4.69, 9.17) is 4.74 Å². The minimum atomic E-state index is -1.73. The second-order valence-corrected chi connectivity index (χ2v) is 11.5. The second-order valence-electron chi connectivity index (χ2n) is 11.5. The first-order chi connectivity index (χ1) is 20.5. The molecule has 3 aliphatic rings. The Morgan fingerprint density at radius 2 is 1.95 bits per heavy atom. The van der Waals surface area contributed by atoms with Gasteiger partial charge in [-0.25, -0.2) is 9.07 Å². The number of hydrogen-bond donors (Lipinski definition) is 2. The van der Waals surface area contributed by atoms with E-state index in [9.17, 15) is 24.0 Å². The van der Waals surface area contributed by atoms with Crippen molar-refractivity contribution in [2.45, 2.75) is 76.2 Å². The zero-order valence-electron chi connectivity index (χ0n) is 24.9. The molecule has 2 aromatic rings. The van der Waals surface area contributed by atoms with Crippen molar-refractivity contribution < 1.29 is 33.1 Å². The molecular formula is C30H37FN6O6. The molecule has 1 aromatic carbocycles. The number of amides is 5. The minimum absolute atomic E-state index is 0.0448. The molecule has 230 valence electrons. The highest BCUT2D eigenvalue weighted by Crippen LogP contribution is 2.40. The van der Waals surface area contributed by atoms with E-state index in [1.54, 1.807) is 32.2 Å². The summed E-state index contributed by atoms with van der Waals surface area (Å²) in [5, 5.41) is 9.31. The number of alkyl halides is 1. The van der Waals surface area contributed by atoms with E-state index in [-0.39, 0.29) is 55.8 Å². The lowest BCUT2D eigenvalue weighted by Crippen LogP contribution is -2.52. The molecule has 0 bridgehead atoms. The Kier molecular flexibility index (Phi) is 8.26. The van der Waals surface area contributed by atoms with Gasteiger partial charge in [-0.15, -0.1) is 0 Å². The van der Waals surface area contributed by atoms with Gasteiger partial charge in [0, 0.05) is 38.2 Å². The molecule has 2 unspecified atom stereocenters. The van der Waals surface area contributed by atoms with Gasteiger partial charge in [0.1, 0.15) is 17.8 Å². The number of rotatable bonds is 8. The zero-order valence-corrected chi connectivity index (χ0v) is 24.9. The molecule has 12 nitrogen and oxygen atoms in total. The van der Waals surface area contributed by atoms with Crippen LogP contribution in [-0.2, 0) is 28.0 Å². The van der Waals surface area contributed by atoms with Crippen LogP contribution in [0, 0.1) is 6.92 Å². The van der Waals surface area contributed by atoms with E-state index >= 15 is 4.39 Å². The normalized spacial score (nSPS) is 20.3. The van der Waals surface area contributed by atoms with Crippen molar-refractivity contribution in [1.29, 1.82) is 0 Å². The molecule has 13 heteroatoms. The molecule has 5 amide bonds. The van der Waals surface area contributed by atoms with Crippen molar-refractivity contribution in [2.75, 3.05) is 20.7 Å². The summed E-state index contributed by atoms with van der Waals surface area (Å²) in [7, 11) is 4.53. The largest absolute Gasteiger partial charge is 0.481 e. The van der Waals surface area contributed by atoms with Crippen molar-refractivity contribution >= 4 is 29.5 Å². The number of aromatic nitrogens is 2. The summed E-state index contributed by atoms with van der Waals surface area (Å²) in [6.07, 6.45) is 2.96. The predicted molar refractivity (Wildman–Crippen MR) is 152 cm³/mol. The van der Waals surface area contributed by atoms with Crippen molar-refractivity contribution in [2.24, 2.45) is 7.05 Å². The van der Waals surface area contributed by atoms with Crippen LogP contribution in [0.1, 0.15) is 88.5 Å². The van der Waals surface area contributed by atoms with Crippen molar-refractivity contribution in [3.8, 4) is 5.88 Å². The highest BCUT2D eigenvalue weighted by Gasteiger charge is 2.45. The molecule has 2 atom stereocenters. The van der Waals surface area contributed by atoms with Crippen LogP contribution in [0.15, 0.2) is 18.2 Å². The standard InChI is InChI=1S/C30H37FN6O6/c1-17-23(29(43-4)35(3)34-17)24(26(40)32-2)37(16-30(31)13-6-5-7-14-30)28(42)19-10-8-9-18-20(19)15-36(27(18)41)21-11-12-22(38)33-25(21)39/h8-10,21,24H,5-7,11-16H2,1-4H3,(H,32,40)(H,33,38,39). The first-order valence-electron chi connectivity index (χ1n) is 14.5. The molecule has 1 saturated carbocycles. The number of halogens is 1. The molecule has 2 N–H and O–H groups in total. The number of aryl methyl sites for hydroxylation is 2. The van der Waals surface area contributed by atoms with Gasteiger partial charge in [0.2, 0.25) is 23.6 Å². The van der Waals surface area contributed by atoms with Gasteiger partial charge >= 0.3 is 0 Å². The number of fused-ring (bicyclic) bond motifs is 1. The first-order valence-corrected chi connectivity index (χ1v) is 14.5. The lowest BCUT2D eigenvalue weighted by molar-refractivity contribution is -0.137. The molecule has 1 saturated heterocycles. The van der Waals surface area contributed by atoms with Crippen LogP contribution < -0.4 is 15.4 Å². The average molecular weight is 597 g/mol. The monoisotopic (exact) mass is 596 g/mol. The maximum atomic E-state index is 16.4. The van der Waals surface area contributed by atoms with Gasteiger partial charge in [-0.3, -0.25) is 29.3 Å². The molecule has 2 aliphatic heterocycles. The topological polar surface area (TPSA) is 143 Å². The third-order valence-corrected chi connectivity index (χ3v) is 8.76. The number of imide groups is 1. The van der Waals surface area contributed by atoms with Crippen LogP contribution in [0.2, 0.25) is 0 Å². The molecular weight excluding hydrogens is 559 g/mol. The van der Waals surface area contributed by atoms with Gasteiger partial charge in [0.25, 0.3) is 11.8 Å². The number of hydrogen-bond acceptors (Lipinski definition) is 7. The van der Waals surface area contributed by atoms with Crippen LogP contribution in [0.5, 0.6) is 5.88 Å². The van der Waals surface area contributed by atoms with E-state index in [2.05, 4.69) is 15.7 Å². The van der Waals surface area contributed by atoms with Gasteiger partial charge in [-0.05, 0) is 43.9 Å². The van der Waals surface area contributed by atoms with E-state index in [1.165, 1.54) is 28.6 Å². The van der Waals surface area contributed by atoms with E-state index < -0.39 is 47.3 Å². The van der Waals surface area contributed by atoms with Gasteiger partial charge < -0.3 is 19.9 Å². The Bertz CT molecular complexity index is 1480. The lowest BCUT2D eigenvalue weighted by Gasteiger charge is -2.38. The number of carbonyl (C=O) groups is 5. The SMILES string of the molecule is CNC(=O)C(c1c(C)nn(C)c1OC)N(CC1(F)CCCCC1)C(=O)c1cccc2c1CN(C1CCC(=O)NC1=O)C2=O. The summed E-state index contributed by atoms with van der Waals surface area (Å²) in [5.41, 5.74) is -0.181. The number of nitrogens with one attached hydrogen (secondary N) is 2. The van der Waals surface area contributed by atoms with Gasteiger partial charge in [-0.1, -0.05) is 25.3 Å². The van der Waals surface area contributed by atoms with Gasteiger partial charge in [0.15, 0.2) is 0 Å². The Labute approximate surface area is 248 Å². The molecule has 0 spiro atoms. The number of benzene rings is 1. The summed E-state index contributed by atoms with van der Waals surface area (Å²) in [5.74, 6) is -2.32. The zero-order chi connectivity index (χ0) is 31.1. The summed E-state index contributed by atoms with van der Waals surface area (Å²) in [6, 6.07) is 2.54. The highest BCUT2D eigenvalue weighted by atomic mass is 19.1. The van der Waals surface area contributed by atoms with Crippen LogP contribution in [-0.4, -0.2) is 81.5 Å². The maximum absolute atomic E-state index is 16.4. The summed E-state index contributed by atoms with van der Waals surface area (Å²) in [4.78, 5) is 68.6. The number of ether oxygens (including phenoxy) is 1. The quantitative estimate of drug-likeness (QED) is 0.445. The smallest absolute Gasteiger partial charge is 0.255 e. The van der Waals surface area contributed by atoms with Crippen molar-refractivity contribution in [3.63, 3.8) is 0 Å². The Morgan fingerprint density at radius 1 is 1.23 bits per heavy atom. The molecule has 1 aromatic heterocycles. The number of piperidine rings is 1. The Balaban J connectivity index is 1.59. The molecule has 43 heavy (non-hydrogen) atoms. The molecule has 5 rings (SSSR count). The third kappa shape index (κ3) is 5.48. The molecule has 2 fully saturated rings. The van der Waals surface area contributed by atoms with Crippen LogP contribution in [0.3, 0.4) is 0 Å². The number of methoxy groups -OCH3 is 1. The third-order valence-electron chi connectivity index (χ3n) is 8.76. The van der Waals surface area contributed by atoms with Gasteiger partial charge in [0.05, 0.1) is 24.9 Å². The number of nitrogens with zero attached hydrogens (tertiary/aromatic N) is 4. The summed E-state index contributed by atoms with van der Waals surface area (Å²) in [6.45, 7) is 1.30. The predicted octanol–water partition coefficient (Wildman–Crippen LogP) is 2.10. The fourth-order valence-electron chi connectivity index (χ4n) is 6.65. The Hall–Kier alpha value is -4.29. The fourth-order valence-corrected chi connectivity index (χ4v) is 6.65. The Morgan fingerprint density at radius 3 is 2.60 bits per heavy atom. The van der Waals surface area contributed by atoms with Crippen LogP contribution in [0.25, 0.3) is 0 Å². The van der Waals surface area contributed by atoms with Crippen molar-refractivity contribution in [1.82, 2.24) is 30.2 Å². The van der Waals surface area contributed by atoms with Crippen LogP contribution >= 0.6 is 0 Å². The molecule has 1 aliphatic carbocycles. The fraction of sp³-hybridized carbons (Fsp3) is 0.533. The number of carbonyl (C=O) groups excluding carboxylic acids is 5. The average Bonchev–Trinajstić information content (AvgIpc) is 3.46. The first kappa shape index (κ1) is 30.2. The molecule has 0 radical (unpaired) electrons. The van der Waals surface area contributed by atoms with Crippen molar-refractivity contribution in [3.05, 3.63) is 46.1 Å². The van der Waals surface area contributed by atoms with Gasteiger partial charge in [-0.2, -0.15) is 5.10 Å². The van der Waals surface area contributed by atoms with E-state index in [1.807, 2.05) is 0 Å². The molecule has 3 heterocycles. The minimum Gasteiger partial charge on any atom is -0.481 e.